The van der Waals surface area contributed by atoms with Gasteiger partial charge in [-0.25, -0.2) is 4.98 Å². The Bertz CT molecular complexity index is 378. The Morgan fingerprint density at radius 1 is 1.27 bits per heavy atom. The molecule has 0 amide bonds. The van der Waals surface area contributed by atoms with Gasteiger partial charge in [0, 0.05) is 12.1 Å². The van der Waals surface area contributed by atoms with E-state index < -0.39 is 0 Å². The van der Waals surface area contributed by atoms with Gasteiger partial charge >= 0.3 is 0 Å². The SMILES string of the molecule is CCC(Cc1ccccc1)c1c[nH]cn1. The summed E-state index contributed by atoms with van der Waals surface area (Å²) in [5.74, 6) is 0.527. The van der Waals surface area contributed by atoms with E-state index >= 15 is 0 Å². The fourth-order valence-electron chi connectivity index (χ4n) is 1.85. The van der Waals surface area contributed by atoms with Crippen LogP contribution in [0.15, 0.2) is 42.9 Å². The summed E-state index contributed by atoms with van der Waals surface area (Å²) in [7, 11) is 0. The van der Waals surface area contributed by atoms with Crippen molar-refractivity contribution < 1.29 is 0 Å². The molecule has 0 radical (unpaired) electrons. The maximum absolute atomic E-state index is 4.33. The van der Waals surface area contributed by atoms with Crippen LogP contribution in [0.5, 0.6) is 0 Å². The van der Waals surface area contributed by atoms with Crippen LogP contribution in [-0.4, -0.2) is 9.97 Å². The van der Waals surface area contributed by atoms with Gasteiger partial charge in [0.1, 0.15) is 0 Å². The highest BCUT2D eigenvalue weighted by Gasteiger charge is 2.11. The van der Waals surface area contributed by atoms with Crippen LogP contribution in [0.4, 0.5) is 0 Å². The monoisotopic (exact) mass is 200 g/mol. The molecule has 2 heteroatoms. The Kier molecular flexibility index (Phi) is 3.18. The second-order valence-corrected chi connectivity index (χ2v) is 3.79. The second kappa shape index (κ2) is 4.78. The summed E-state index contributed by atoms with van der Waals surface area (Å²) in [6.07, 6.45) is 5.95. The molecule has 1 aromatic carbocycles. The fourth-order valence-corrected chi connectivity index (χ4v) is 1.85. The van der Waals surface area contributed by atoms with Gasteiger partial charge in [-0.05, 0) is 18.4 Å². The van der Waals surface area contributed by atoms with Gasteiger partial charge < -0.3 is 4.98 Å². The third-order valence-electron chi connectivity index (χ3n) is 2.76. The van der Waals surface area contributed by atoms with Crippen molar-refractivity contribution in [3.05, 3.63) is 54.1 Å². The highest BCUT2D eigenvalue weighted by atomic mass is 14.9. The first kappa shape index (κ1) is 9.97. The van der Waals surface area contributed by atoms with E-state index in [2.05, 4.69) is 47.2 Å². The topological polar surface area (TPSA) is 28.7 Å². The highest BCUT2D eigenvalue weighted by Crippen LogP contribution is 2.21. The fraction of sp³-hybridized carbons (Fsp3) is 0.308. The summed E-state index contributed by atoms with van der Waals surface area (Å²) in [5, 5.41) is 0. The Labute approximate surface area is 90.4 Å². The van der Waals surface area contributed by atoms with Crippen molar-refractivity contribution in [1.82, 2.24) is 9.97 Å². The largest absolute Gasteiger partial charge is 0.351 e. The summed E-state index contributed by atoms with van der Waals surface area (Å²) in [6, 6.07) is 10.6. The van der Waals surface area contributed by atoms with Crippen LogP contribution in [0.1, 0.15) is 30.5 Å². The zero-order valence-electron chi connectivity index (χ0n) is 8.98. The molecule has 0 aliphatic rings. The summed E-state index contributed by atoms with van der Waals surface area (Å²) < 4.78 is 0. The minimum atomic E-state index is 0.527. The van der Waals surface area contributed by atoms with E-state index in [0.29, 0.717) is 5.92 Å². The van der Waals surface area contributed by atoms with Crippen LogP contribution in [0.3, 0.4) is 0 Å². The van der Waals surface area contributed by atoms with Crippen LogP contribution in [0.25, 0.3) is 0 Å². The zero-order valence-corrected chi connectivity index (χ0v) is 8.98. The molecule has 2 aromatic rings. The molecule has 0 saturated heterocycles. The molecule has 1 heterocycles. The van der Waals surface area contributed by atoms with Crippen molar-refractivity contribution >= 4 is 0 Å². The molecule has 0 aliphatic carbocycles. The smallest absolute Gasteiger partial charge is 0.0923 e. The number of H-pyrrole nitrogens is 1. The molecule has 0 aliphatic heterocycles. The number of benzene rings is 1. The molecular formula is C13H16N2. The second-order valence-electron chi connectivity index (χ2n) is 3.79. The molecule has 1 unspecified atom stereocenters. The normalized spacial score (nSPS) is 12.6. The molecule has 15 heavy (non-hydrogen) atoms. The van der Waals surface area contributed by atoms with Crippen LogP contribution >= 0.6 is 0 Å². The van der Waals surface area contributed by atoms with Crippen LogP contribution in [0, 0.1) is 0 Å². The lowest BCUT2D eigenvalue weighted by atomic mass is 9.94. The molecule has 1 aromatic heterocycles. The number of hydrogen-bond donors (Lipinski definition) is 1. The van der Waals surface area contributed by atoms with Gasteiger partial charge in [0.15, 0.2) is 0 Å². The maximum Gasteiger partial charge on any atom is 0.0923 e. The van der Waals surface area contributed by atoms with E-state index in [1.54, 1.807) is 6.33 Å². The Hall–Kier alpha value is -1.57. The summed E-state index contributed by atoms with van der Waals surface area (Å²) >= 11 is 0. The van der Waals surface area contributed by atoms with Gasteiger partial charge in [-0.2, -0.15) is 0 Å². The molecule has 0 saturated carbocycles. The van der Waals surface area contributed by atoms with Crippen molar-refractivity contribution in [2.24, 2.45) is 0 Å². The molecular weight excluding hydrogens is 184 g/mol. The first-order chi connectivity index (χ1) is 7.40. The average molecular weight is 200 g/mol. The number of nitrogens with zero attached hydrogens (tertiary/aromatic N) is 1. The lowest BCUT2D eigenvalue weighted by molar-refractivity contribution is 0.644. The molecule has 78 valence electrons. The van der Waals surface area contributed by atoms with Gasteiger partial charge in [-0.3, -0.25) is 0 Å². The average Bonchev–Trinajstić information content (AvgIpc) is 2.81. The third-order valence-corrected chi connectivity index (χ3v) is 2.76. The molecule has 0 spiro atoms. The van der Waals surface area contributed by atoms with E-state index in [0.717, 1.165) is 12.8 Å². The molecule has 1 N–H and O–H groups in total. The number of hydrogen-bond acceptors (Lipinski definition) is 1. The number of imidazole rings is 1. The highest BCUT2D eigenvalue weighted by molar-refractivity contribution is 5.18. The van der Waals surface area contributed by atoms with Crippen molar-refractivity contribution in [2.75, 3.05) is 0 Å². The van der Waals surface area contributed by atoms with Gasteiger partial charge in [0.05, 0.1) is 12.0 Å². The minimum absolute atomic E-state index is 0.527. The number of aromatic amines is 1. The van der Waals surface area contributed by atoms with E-state index in [4.69, 9.17) is 0 Å². The van der Waals surface area contributed by atoms with Crippen molar-refractivity contribution in [3.8, 4) is 0 Å². The summed E-state index contributed by atoms with van der Waals surface area (Å²) in [4.78, 5) is 7.35. The van der Waals surface area contributed by atoms with Gasteiger partial charge in [0.25, 0.3) is 0 Å². The quantitative estimate of drug-likeness (QED) is 0.807. The van der Waals surface area contributed by atoms with E-state index in [1.165, 1.54) is 11.3 Å². The van der Waals surface area contributed by atoms with Crippen molar-refractivity contribution in [1.29, 1.82) is 0 Å². The van der Waals surface area contributed by atoms with Crippen LogP contribution in [0.2, 0.25) is 0 Å². The molecule has 0 fully saturated rings. The molecule has 2 rings (SSSR count). The predicted octanol–water partition coefficient (Wildman–Crippen LogP) is 3.15. The number of rotatable bonds is 4. The zero-order chi connectivity index (χ0) is 10.5. The van der Waals surface area contributed by atoms with Gasteiger partial charge in [0.2, 0.25) is 0 Å². The summed E-state index contributed by atoms with van der Waals surface area (Å²) in [6.45, 7) is 2.21. The van der Waals surface area contributed by atoms with E-state index in [-0.39, 0.29) is 0 Å². The molecule has 1 atom stereocenters. The van der Waals surface area contributed by atoms with Crippen LogP contribution < -0.4 is 0 Å². The Morgan fingerprint density at radius 2 is 2.07 bits per heavy atom. The van der Waals surface area contributed by atoms with Crippen molar-refractivity contribution in [3.63, 3.8) is 0 Å². The standard InChI is InChI=1S/C13H16N2/c1-2-12(13-9-14-10-15-13)8-11-6-4-3-5-7-11/h3-7,9-10,12H,2,8H2,1H3,(H,14,15). The van der Waals surface area contributed by atoms with E-state index in [9.17, 15) is 0 Å². The van der Waals surface area contributed by atoms with E-state index in [1.807, 2.05) is 6.20 Å². The molecule has 0 bridgehead atoms. The van der Waals surface area contributed by atoms with Crippen LogP contribution in [-0.2, 0) is 6.42 Å². The third kappa shape index (κ3) is 2.46. The number of aromatic nitrogens is 2. The first-order valence-corrected chi connectivity index (χ1v) is 5.42. The summed E-state index contributed by atoms with van der Waals surface area (Å²) in [5.41, 5.74) is 2.55. The Balaban J connectivity index is 2.10. The maximum atomic E-state index is 4.33. The lowest BCUT2D eigenvalue weighted by Crippen LogP contribution is -2.01. The Morgan fingerprint density at radius 3 is 2.67 bits per heavy atom. The number of nitrogens with one attached hydrogen (secondary N) is 1. The minimum Gasteiger partial charge on any atom is -0.351 e. The lowest BCUT2D eigenvalue weighted by Gasteiger charge is -2.11. The molecule has 2 nitrogen and oxygen atoms in total. The first-order valence-electron chi connectivity index (χ1n) is 5.42. The van der Waals surface area contributed by atoms with Gasteiger partial charge in [-0.15, -0.1) is 0 Å². The van der Waals surface area contributed by atoms with Crippen molar-refractivity contribution in [2.45, 2.75) is 25.7 Å². The van der Waals surface area contributed by atoms with Gasteiger partial charge in [-0.1, -0.05) is 37.3 Å². The predicted molar refractivity (Wildman–Crippen MR) is 61.8 cm³/mol.